The van der Waals surface area contributed by atoms with Gasteiger partial charge in [-0.3, -0.25) is 4.79 Å². The Kier molecular flexibility index (Phi) is 6.89. The molecule has 1 aromatic heterocycles. The maximum absolute atomic E-state index is 12.1. The van der Waals surface area contributed by atoms with Crippen LogP contribution in [0.15, 0.2) is 47.8 Å². The number of rotatable bonds is 2. The highest BCUT2D eigenvalue weighted by molar-refractivity contribution is 7.09. The highest BCUT2D eigenvalue weighted by atomic mass is 32.1. The van der Waals surface area contributed by atoms with Gasteiger partial charge in [-0.2, -0.15) is 0 Å². The van der Waals surface area contributed by atoms with E-state index in [-0.39, 0.29) is 12.5 Å². The van der Waals surface area contributed by atoms with E-state index in [1.54, 1.807) is 16.2 Å². The lowest BCUT2D eigenvalue weighted by atomic mass is 10.0. The first-order chi connectivity index (χ1) is 12.5. The monoisotopic (exact) mass is 370 g/mol. The van der Waals surface area contributed by atoms with Crippen LogP contribution in [0.25, 0.3) is 10.8 Å². The number of thiophene rings is 1. The van der Waals surface area contributed by atoms with Crippen molar-refractivity contribution in [3.05, 3.63) is 58.3 Å². The highest BCUT2D eigenvalue weighted by Gasteiger charge is 2.28. The van der Waals surface area contributed by atoms with Gasteiger partial charge in [0.1, 0.15) is 6.29 Å². The molecule has 0 saturated heterocycles. The van der Waals surface area contributed by atoms with Gasteiger partial charge in [-0.1, -0.05) is 18.2 Å². The maximum Gasteiger partial charge on any atom is 0.258 e. The van der Waals surface area contributed by atoms with Gasteiger partial charge in [0.05, 0.1) is 12.3 Å². The zero-order valence-electron chi connectivity index (χ0n) is 14.8. The number of aryl methyl sites for hydroxylation is 1. The van der Waals surface area contributed by atoms with E-state index in [9.17, 15) is 4.79 Å². The summed E-state index contributed by atoms with van der Waals surface area (Å²) in [5.41, 5.74) is 8.40. The number of aliphatic hydroxyl groups excluding tert-OH is 1. The number of aliphatic hydroxyl groups is 1. The van der Waals surface area contributed by atoms with E-state index in [0.717, 1.165) is 27.7 Å². The molecule has 1 aliphatic rings. The lowest BCUT2D eigenvalue weighted by Crippen LogP contribution is -2.25. The van der Waals surface area contributed by atoms with E-state index in [1.807, 2.05) is 37.3 Å². The van der Waals surface area contributed by atoms with Crippen molar-refractivity contribution in [2.75, 3.05) is 23.8 Å². The van der Waals surface area contributed by atoms with Crippen LogP contribution in [0.1, 0.15) is 22.2 Å². The van der Waals surface area contributed by atoms with Crippen molar-refractivity contribution in [2.45, 2.75) is 13.8 Å². The fraction of sp³-hybridized carbons (Fsp3) is 0.200. The lowest BCUT2D eigenvalue weighted by molar-refractivity contribution is -0.110. The summed E-state index contributed by atoms with van der Waals surface area (Å²) >= 11 is 1.78. The number of amides is 1. The molecule has 3 N–H and O–H groups in total. The number of anilines is 2. The largest absolute Gasteiger partial charge is 0.398 e. The third-order valence-electron chi connectivity index (χ3n) is 3.87. The Hall–Kier alpha value is -2.70. The molecule has 0 aliphatic carbocycles. The number of carbonyl (C=O) groups excluding carboxylic acids is 2. The molecule has 0 atom stereocenters. The normalized spacial score (nSPS) is 11.5. The Morgan fingerprint density at radius 3 is 2.42 bits per heavy atom. The third-order valence-corrected chi connectivity index (χ3v) is 4.67. The van der Waals surface area contributed by atoms with Gasteiger partial charge in [-0.15, -0.1) is 11.3 Å². The molecule has 3 aromatic rings. The quantitative estimate of drug-likeness (QED) is 0.533. The number of nitrogens with zero attached hydrogens (tertiary/aromatic N) is 1. The molecule has 0 spiro atoms. The maximum atomic E-state index is 12.1. The topological polar surface area (TPSA) is 83.6 Å². The van der Waals surface area contributed by atoms with Gasteiger partial charge in [0.2, 0.25) is 0 Å². The van der Waals surface area contributed by atoms with Gasteiger partial charge < -0.3 is 20.5 Å². The Labute approximate surface area is 156 Å². The minimum atomic E-state index is -0.361. The first-order valence-corrected chi connectivity index (χ1v) is 9.10. The van der Waals surface area contributed by atoms with Gasteiger partial charge in [0.15, 0.2) is 0 Å². The highest BCUT2D eigenvalue weighted by Crippen LogP contribution is 2.39. The Balaban J connectivity index is 0.000000201. The molecular formula is C20H22N2O3S. The summed E-state index contributed by atoms with van der Waals surface area (Å²) in [7, 11) is 0. The molecule has 0 radical (unpaired) electrons. The van der Waals surface area contributed by atoms with Crippen LogP contribution in [-0.4, -0.2) is 30.5 Å². The van der Waals surface area contributed by atoms with Gasteiger partial charge in [0, 0.05) is 33.4 Å². The zero-order chi connectivity index (χ0) is 19.1. The summed E-state index contributed by atoms with van der Waals surface area (Å²) < 4.78 is 0. The molecule has 26 heavy (non-hydrogen) atoms. The number of carbonyl (C=O) groups is 2. The number of nitrogens with two attached hydrogens (primary N) is 1. The Bertz CT molecular complexity index is 891. The van der Waals surface area contributed by atoms with Crippen LogP contribution in [-0.2, 0) is 4.79 Å². The van der Waals surface area contributed by atoms with Crippen LogP contribution in [0.4, 0.5) is 11.4 Å². The van der Waals surface area contributed by atoms with E-state index in [1.165, 1.54) is 4.88 Å². The first-order valence-electron chi connectivity index (χ1n) is 8.22. The fourth-order valence-electron chi connectivity index (χ4n) is 2.74. The third kappa shape index (κ3) is 4.09. The van der Waals surface area contributed by atoms with Crippen molar-refractivity contribution >= 4 is 45.7 Å². The van der Waals surface area contributed by atoms with Gasteiger partial charge in [-0.05, 0) is 43.5 Å². The number of nitrogen functional groups attached to an aromatic ring is 1. The average molecular weight is 370 g/mol. The molecule has 0 fully saturated rings. The summed E-state index contributed by atoms with van der Waals surface area (Å²) in [4.78, 5) is 24.2. The molecule has 5 nitrogen and oxygen atoms in total. The summed E-state index contributed by atoms with van der Waals surface area (Å²) in [5.74, 6) is 0.0775. The second-order valence-electron chi connectivity index (χ2n) is 5.52. The van der Waals surface area contributed by atoms with Crippen molar-refractivity contribution in [1.82, 2.24) is 0 Å². The van der Waals surface area contributed by atoms with Crippen molar-refractivity contribution in [3.8, 4) is 0 Å². The van der Waals surface area contributed by atoms with Crippen molar-refractivity contribution in [2.24, 2.45) is 0 Å². The Morgan fingerprint density at radius 2 is 1.92 bits per heavy atom. The number of aldehydes is 1. The average Bonchev–Trinajstić information content (AvgIpc) is 3.25. The standard InChI is InChI=1S/C13H12N2O.C5H6S.C2H4O2/c1-2-15-11-7-6-10(14)8-4-3-5-9(12(8)11)13(15)16;1-5-3-2-4-6-5;3-1-2-4/h3-7H,2,14H2,1H3;2-4H,1H3;1,4H,2H2. The molecular weight excluding hydrogens is 348 g/mol. The van der Waals surface area contributed by atoms with E-state index >= 15 is 0 Å². The molecule has 0 unspecified atom stereocenters. The molecule has 1 aliphatic heterocycles. The van der Waals surface area contributed by atoms with Crippen LogP contribution in [0.2, 0.25) is 0 Å². The van der Waals surface area contributed by atoms with Crippen molar-refractivity contribution < 1.29 is 14.7 Å². The van der Waals surface area contributed by atoms with E-state index < -0.39 is 0 Å². The second kappa shape index (κ2) is 9.12. The summed E-state index contributed by atoms with van der Waals surface area (Å²) in [6.07, 6.45) is 0.431. The molecule has 6 heteroatoms. The van der Waals surface area contributed by atoms with Crippen LogP contribution in [0, 0.1) is 6.92 Å². The first kappa shape index (κ1) is 19.6. The van der Waals surface area contributed by atoms with Crippen LogP contribution in [0.3, 0.4) is 0 Å². The summed E-state index contributed by atoms with van der Waals surface area (Å²) in [6.45, 7) is 4.41. The zero-order valence-corrected chi connectivity index (χ0v) is 15.6. The van der Waals surface area contributed by atoms with Gasteiger partial charge >= 0.3 is 0 Å². The lowest BCUT2D eigenvalue weighted by Gasteiger charge is -2.14. The minimum absolute atomic E-state index is 0.0775. The van der Waals surface area contributed by atoms with E-state index in [2.05, 4.69) is 24.4 Å². The predicted octanol–water partition coefficient (Wildman–Crippen LogP) is 3.64. The predicted molar refractivity (Wildman–Crippen MR) is 108 cm³/mol. The number of benzene rings is 2. The van der Waals surface area contributed by atoms with E-state index in [4.69, 9.17) is 15.6 Å². The summed E-state index contributed by atoms with van der Waals surface area (Å²) in [6, 6.07) is 13.7. The smallest absolute Gasteiger partial charge is 0.258 e. The molecule has 136 valence electrons. The fourth-order valence-corrected chi connectivity index (χ4v) is 3.27. The molecule has 1 amide bonds. The SMILES string of the molecule is CCN1C(=O)c2cccc3c(N)ccc1c23.Cc1cccs1.O=CCO. The summed E-state index contributed by atoms with van der Waals surface area (Å²) in [5, 5.41) is 11.6. The van der Waals surface area contributed by atoms with Crippen LogP contribution < -0.4 is 10.6 Å². The number of hydrogen-bond acceptors (Lipinski definition) is 5. The molecule has 2 aromatic carbocycles. The van der Waals surface area contributed by atoms with Crippen molar-refractivity contribution in [3.63, 3.8) is 0 Å². The van der Waals surface area contributed by atoms with Crippen LogP contribution >= 0.6 is 11.3 Å². The Morgan fingerprint density at radius 1 is 1.19 bits per heavy atom. The van der Waals surface area contributed by atoms with Crippen LogP contribution in [0.5, 0.6) is 0 Å². The number of hydrogen-bond donors (Lipinski definition) is 2. The van der Waals surface area contributed by atoms with Crippen molar-refractivity contribution in [1.29, 1.82) is 0 Å². The van der Waals surface area contributed by atoms with E-state index in [0.29, 0.717) is 12.8 Å². The molecule has 4 rings (SSSR count). The molecule has 0 bridgehead atoms. The minimum Gasteiger partial charge on any atom is -0.398 e. The molecule has 0 saturated carbocycles. The second-order valence-corrected chi connectivity index (χ2v) is 6.68. The van der Waals surface area contributed by atoms with Gasteiger partial charge in [0.25, 0.3) is 5.91 Å². The molecule has 2 heterocycles. The van der Waals surface area contributed by atoms with Gasteiger partial charge in [-0.25, -0.2) is 0 Å².